The zero-order valence-corrected chi connectivity index (χ0v) is 11.2. The predicted molar refractivity (Wildman–Crippen MR) is 72.5 cm³/mol. The summed E-state index contributed by atoms with van der Waals surface area (Å²) in [7, 11) is 0. The van der Waals surface area contributed by atoms with E-state index in [0.717, 1.165) is 17.8 Å². The Hall–Kier alpha value is -1.77. The first-order chi connectivity index (χ1) is 8.66. The summed E-state index contributed by atoms with van der Waals surface area (Å²) in [6.45, 7) is 6.51. The van der Waals surface area contributed by atoms with Crippen LogP contribution in [0, 0.1) is 0 Å². The third-order valence-corrected chi connectivity index (χ3v) is 3.07. The van der Waals surface area contributed by atoms with Gasteiger partial charge in [0.05, 0.1) is 5.69 Å². The van der Waals surface area contributed by atoms with Gasteiger partial charge in [0.2, 0.25) is 0 Å². The van der Waals surface area contributed by atoms with Crippen LogP contribution in [0.15, 0.2) is 36.9 Å². The Balaban J connectivity index is 2.12. The van der Waals surface area contributed by atoms with Gasteiger partial charge in [-0.15, -0.1) is 0 Å². The molecule has 0 bridgehead atoms. The molecule has 0 aromatic carbocycles. The lowest BCUT2D eigenvalue weighted by Crippen LogP contribution is -2.03. The van der Waals surface area contributed by atoms with Gasteiger partial charge in [0, 0.05) is 36.4 Å². The molecule has 94 valence electrons. The van der Waals surface area contributed by atoms with Gasteiger partial charge in [-0.1, -0.05) is 20.8 Å². The van der Waals surface area contributed by atoms with Crippen molar-refractivity contribution in [2.75, 3.05) is 0 Å². The van der Waals surface area contributed by atoms with Crippen LogP contribution in [-0.4, -0.2) is 15.0 Å². The van der Waals surface area contributed by atoms with Gasteiger partial charge in [-0.25, -0.2) is 0 Å². The largest absolute Gasteiger partial charge is 0.261 e. The van der Waals surface area contributed by atoms with Crippen LogP contribution in [0.4, 0.5) is 0 Å². The molecular weight excluding hydrogens is 222 g/mol. The normalized spacial score (nSPS) is 12.7. The van der Waals surface area contributed by atoms with Gasteiger partial charge in [-0.3, -0.25) is 15.0 Å². The van der Waals surface area contributed by atoms with E-state index in [9.17, 15) is 0 Å². The average molecular weight is 241 g/mol. The number of aromatic nitrogens is 3. The van der Waals surface area contributed by atoms with Crippen molar-refractivity contribution in [1.29, 1.82) is 0 Å². The highest BCUT2D eigenvalue weighted by atomic mass is 14.8. The molecule has 2 rings (SSSR count). The molecule has 18 heavy (non-hydrogen) atoms. The second kappa shape index (κ2) is 5.71. The van der Waals surface area contributed by atoms with E-state index in [-0.39, 0.29) is 0 Å². The smallest absolute Gasteiger partial charge is 0.0618 e. The van der Waals surface area contributed by atoms with Crippen LogP contribution in [-0.2, 0) is 6.42 Å². The molecule has 0 aliphatic rings. The topological polar surface area (TPSA) is 38.7 Å². The van der Waals surface area contributed by atoms with Gasteiger partial charge in [0.1, 0.15) is 0 Å². The maximum Gasteiger partial charge on any atom is 0.0618 e. The molecule has 0 amide bonds. The Morgan fingerprint density at radius 3 is 2.44 bits per heavy atom. The summed E-state index contributed by atoms with van der Waals surface area (Å²) in [6.07, 6.45) is 8.17. The minimum Gasteiger partial charge on any atom is -0.261 e. The third-order valence-electron chi connectivity index (χ3n) is 3.07. The van der Waals surface area contributed by atoms with Gasteiger partial charge in [0.25, 0.3) is 0 Å². The van der Waals surface area contributed by atoms with Crippen molar-refractivity contribution in [3.63, 3.8) is 0 Å². The van der Waals surface area contributed by atoms with E-state index in [0.29, 0.717) is 11.8 Å². The predicted octanol–water partition coefficient (Wildman–Crippen LogP) is 3.34. The number of hydrogen-bond acceptors (Lipinski definition) is 3. The van der Waals surface area contributed by atoms with Gasteiger partial charge in [-0.2, -0.15) is 0 Å². The minimum absolute atomic E-state index is 0.376. The summed E-state index contributed by atoms with van der Waals surface area (Å²) >= 11 is 0. The Bertz CT molecular complexity index is 494. The second-order valence-electron chi connectivity index (χ2n) is 4.98. The zero-order valence-electron chi connectivity index (χ0n) is 11.2. The highest BCUT2D eigenvalue weighted by Crippen LogP contribution is 2.19. The number of rotatable bonds is 4. The molecule has 0 aliphatic carbocycles. The monoisotopic (exact) mass is 241 g/mol. The minimum atomic E-state index is 0.376. The van der Waals surface area contributed by atoms with Crippen LogP contribution in [0.5, 0.6) is 0 Å². The van der Waals surface area contributed by atoms with Crippen molar-refractivity contribution in [2.45, 2.75) is 39.0 Å². The molecule has 2 heterocycles. The molecule has 2 aromatic rings. The lowest BCUT2D eigenvalue weighted by atomic mass is 9.97. The Morgan fingerprint density at radius 2 is 1.78 bits per heavy atom. The average Bonchev–Trinajstić information content (AvgIpc) is 2.40. The summed E-state index contributed by atoms with van der Waals surface area (Å²) in [5.41, 5.74) is 3.51. The lowest BCUT2D eigenvalue weighted by Gasteiger charge is -2.12. The molecule has 0 aliphatic heterocycles. The van der Waals surface area contributed by atoms with E-state index >= 15 is 0 Å². The van der Waals surface area contributed by atoms with E-state index in [2.05, 4.69) is 47.9 Å². The fraction of sp³-hybridized carbons (Fsp3) is 0.400. The standard InChI is InChI=1S/C15H19N3/c1-11(2)14-9-13(4-5-17-14)8-12(3)15-10-16-6-7-18-15/h4-7,9-12H,8H2,1-3H3. The van der Waals surface area contributed by atoms with Crippen LogP contribution < -0.4 is 0 Å². The molecule has 1 unspecified atom stereocenters. The first-order valence-corrected chi connectivity index (χ1v) is 6.37. The first-order valence-electron chi connectivity index (χ1n) is 6.37. The molecular formula is C15H19N3. The second-order valence-corrected chi connectivity index (χ2v) is 4.98. The van der Waals surface area contributed by atoms with Gasteiger partial charge in [-0.05, 0) is 30.0 Å². The fourth-order valence-electron chi connectivity index (χ4n) is 1.96. The third kappa shape index (κ3) is 3.13. The van der Waals surface area contributed by atoms with Crippen molar-refractivity contribution >= 4 is 0 Å². The van der Waals surface area contributed by atoms with Gasteiger partial charge < -0.3 is 0 Å². The van der Waals surface area contributed by atoms with E-state index < -0.39 is 0 Å². The molecule has 0 radical (unpaired) electrons. The SMILES string of the molecule is CC(C)c1cc(CC(C)c2cnccn2)ccn1. The Labute approximate surface area is 108 Å². The maximum absolute atomic E-state index is 4.39. The highest BCUT2D eigenvalue weighted by Gasteiger charge is 2.09. The van der Waals surface area contributed by atoms with Gasteiger partial charge >= 0.3 is 0 Å². The van der Waals surface area contributed by atoms with Crippen molar-refractivity contribution < 1.29 is 0 Å². The molecule has 1 atom stereocenters. The van der Waals surface area contributed by atoms with Crippen LogP contribution in [0.3, 0.4) is 0 Å². The van der Waals surface area contributed by atoms with Crippen molar-refractivity contribution in [1.82, 2.24) is 15.0 Å². The first kappa shape index (κ1) is 12.7. The van der Waals surface area contributed by atoms with Crippen LogP contribution in [0.2, 0.25) is 0 Å². The summed E-state index contributed by atoms with van der Waals surface area (Å²) < 4.78 is 0. The fourth-order valence-corrected chi connectivity index (χ4v) is 1.96. The quantitative estimate of drug-likeness (QED) is 0.824. The maximum atomic E-state index is 4.39. The molecule has 3 heteroatoms. The molecule has 2 aromatic heterocycles. The Morgan fingerprint density at radius 1 is 1.00 bits per heavy atom. The lowest BCUT2D eigenvalue weighted by molar-refractivity contribution is 0.719. The van der Waals surface area contributed by atoms with Crippen LogP contribution in [0.25, 0.3) is 0 Å². The zero-order chi connectivity index (χ0) is 13.0. The molecule has 0 fully saturated rings. The number of nitrogens with zero attached hydrogens (tertiary/aromatic N) is 3. The summed E-state index contributed by atoms with van der Waals surface area (Å²) in [6, 6.07) is 4.27. The molecule has 0 saturated heterocycles. The number of pyridine rings is 1. The van der Waals surface area contributed by atoms with Crippen molar-refractivity contribution in [2.24, 2.45) is 0 Å². The molecule has 0 N–H and O–H groups in total. The Kier molecular flexibility index (Phi) is 4.03. The van der Waals surface area contributed by atoms with Crippen molar-refractivity contribution in [3.8, 4) is 0 Å². The van der Waals surface area contributed by atoms with Crippen LogP contribution in [0.1, 0.15) is 49.6 Å². The highest BCUT2D eigenvalue weighted by molar-refractivity contribution is 5.21. The molecule has 0 spiro atoms. The summed E-state index contributed by atoms with van der Waals surface area (Å²) in [5.74, 6) is 0.845. The van der Waals surface area contributed by atoms with E-state index in [1.807, 2.05) is 12.4 Å². The van der Waals surface area contributed by atoms with E-state index in [1.165, 1.54) is 5.56 Å². The van der Waals surface area contributed by atoms with Crippen molar-refractivity contribution in [3.05, 3.63) is 53.9 Å². The summed E-state index contributed by atoms with van der Waals surface area (Å²) in [4.78, 5) is 12.9. The van der Waals surface area contributed by atoms with Crippen LogP contribution >= 0.6 is 0 Å². The van der Waals surface area contributed by atoms with Gasteiger partial charge in [0.15, 0.2) is 0 Å². The molecule has 0 saturated carbocycles. The molecule has 3 nitrogen and oxygen atoms in total. The van der Waals surface area contributed by atoms with E-state index in [4.69, 9.17) is 0 Å². The number of hydrogen-bond donors (Lipinski definition) is 0. The van der Waals surface area contributed by atoms with E-state index in [1.54, 1.807) is 12.4 Å². The summed E-state index contributed by atoms with van der Waals surface area (Å²) in [5, 5.41) is 0.